The van der Waals surface area contributed by atoms with Crippen LogP contribution in [0.25, 0.3) is 0 Å². The second-order valence-corrected chi connectivity index (χ2v) is 23.8. The fourth-order valence-electron chi connectivity index (χ4n) is 10.2. The van der Waals surface area contributed by atoms with Crippen molar-refractivity contribution in [1.29, 1.82) is 0 Å². The van der Waals surface area contributed by atoms with Crippen molar-refractivity contribution in [3.63, 3.8) is 0 Å². The van der Waals surface area contributed by atoms with E-state index in [1.54, 1.807) is 0 Å². The highest BCUT2D eigenvalue weighted by molar-refractivity contribution is 5.71. The predicted molar refractivity (Wildman–Crippen MR) is 362 cm³/mol. The van der Waals surface area contributed by atoms with E-state index in [0.717, 1.165) is 109 Å². The van der Waals surface area contributed by atoms with Crippen LogP contribution >= 0.6 is 0 Å². The van der Waals surface area contributed by atoms with Crippen LogP contribution in [0.5, 0.6) is 0 Å². The third kappa shape index (κ3) is 69.0. The van der Waals surface area contributed by atoms with E-state index in [1.165, 1.54) is 205 Å². The maximum absolute atomic E-state index is 13.0. The zero-order valence-electron chi connectivity index (χ0n) is 54.9. The number of rotatable bonds is 65. The van der Waals surface area contributed by atoms with Crippen LogP contribution in [-0.4, -0.2) is 37.2 Å². The summed E-state index contributed by atoms with van der Waals surface area (Å²) in [4.78, 5) is 38.5. The molecule has 0 aliphatic heterocycles. The minimum atomic E-state index is -0.787. The van der Waals surface area contributed by atoms with E-state index in [9.17, 15) is 14.4 Å². The molecule has 478 valence electrons. The van der Waals surface area contributed by atoms with Gasteiger partial charge in [0.2, 0.25) is 0 Å². The zero-order valence-corrected chi connectivity index (χ0v) is 54.9. The van der Waals surface area contributed by atoms with E-state index >= 15 is 0 Å². The summed E-state index contributed by atoms with van der Waals surface area (Å²) in [6, 6.07) is 0. The lowest BCUT2D eigenvalue weighted by atomic mass is 10.0. The van der Waals surface area contributed by atoms with Crippen LogP contribution in [-0.2, 0) is 28.6 Å². The number of carbonyl (C=O) groups is 3. The molecule has 0 aromatic rings. The molecule has 0 N–H and O–H groups in total. The van der Waals surface area contributed by atoms with Gasteiger partial charge in [0.25, 0.3) is 0 Å². The van der Waals surface area contributed by atoms with Crippen molar-refractivity contribution in [3.05, 3.63) is 97.2 Å². The van der Waals surface area contributed by atoms with E-state index in [2.05, 4.69) is 118 Å². The van der Waals surface area contributed by atoms with Gasteiger partial charge in [-0.05, 0) is 122 Å². The molecule has 0 heterocycles. The van der Waals surface area contributed by atoms with Crippen LogP contribution in [0.2, 0.25) is 0 Å². The van der Waals surface area contributed by atoms with Gasteiger partial charge in [0.05, 0.1) is 0 Å². The number of hydrogen-bond acceptors (Lipinski definition) is 6. The van der Waals surface area contributed by atoms with Crippen molar-refractivity contribution in [3.8, 4) is 0 Å². The normalized spacial score (nSPS) is 12.7. The number of unbranched alkanes of at least 4 members (excludes halogenated alkanes) is 38. The Hall–Kier alpha value is -3.67. The molecule has 83 heavy (non-hydrogen) atoms. The minimum Gasteiger partial charge on any atom is -0.462 e. The number of carbonyl (C=O) groups excluding carboxylic acids is 3. The first-order valence-electron chi connectivity index (χ1n) is 35.7. The molecule has 0 aromatic carbocycles. The Balaban J connectivity index is 4.32. The largest absolute Gasteiger partial charge is 0.462 e. The van der Waals surface area contributed by atoms with Crippen molar-refractivity contribution in [2.24, 2.45) is 0 Å². The van der Waals surface area contributed by atoms with E-state index in [-0.39, 0.29) is 31.1 Å². The summed E-state index contributed by atoms with van der Waals surface area (Å²) in [5, 5.41) is 0. The fraction of sp³-hybridized carbons (Fsp3) is 0.753. The second-order valence-electron chi connectivity index (χ2n) is 23.8. The standard InChI is InChI=1S/C77H134O6/c1-4-7-10-13-16-19-22-25-28-30-32-34-36-37-38-39-41-42-44-46-49-52-55-58-61-64-67-70-76(79)82-73-74(72-81-75(78)69-66-63-60-57-54-51-48-27-24-21-18-15-12-9-6-3)83-77(80)71-68-65-62-59-56-53-50-47-45-43-40-35-33-31-29-26-23-20-17-14-11-8-5-2/h7,10,16,18-19,21,25,27-28,31-34,37-38,48,74H,4-6,8-9,11-15,17,20,22-24,26,29-30,35-36,39-47,49-73H2,1-3H3/b10-7-,19-16-,21-18-,28-25-,33-31-,34-32-,38-37-,48-27-. The average molecular weight is 1160 g/mol. The molecule has 0 amide bonds. The molecule has 0 spiro atoms. The summed E-state index contributed by atoms with van der Waals surface area (Å²) in [7, 11) is 0. The summed E-state index contributed by atoms with van der Waals surface area (Å²) in [5.41, 5.74) is 0. The molecule has 0 fully saturated rings. The third-order valence-electron chi connectivity index (χ3n) is 15.5. The number of allylic oxidation sites excluding steroid dienone is 16. The molecule has 0 saturated heterocycles. The van der Waals surface area contributed by atoms with Crippen molar-refractivity contribution in [2.45, 2.75) is 361 Å². The van der Waals surface area contributed by atoms with Crippen LogP contribution in [0.1, 0.15) is 355 Å². The Morgan fingerprint density at radius 2 is 0.470 bits per heavy atom. The molecule has 6 nitrogen and oxygen atoms in total. The second kappa shape index (κ2) is 70.8. The molecule has 0 bridgehead atoms. The maximum atomic E-state index is 13.0. The van der Waals surface area contributed by atoms with Gasteiger partial charge in [0.15, 0.2) is 6.10 Å². The van der Waals surface area contributed by atoms with Gasteiger partial charge in [-0.1, -0.05) is 311 Å². The predicted octanol–water partition coefficient (Wildman–Crippen LogP) is 24.8. The molecule has 1 atom stereocenters. The topological polar surface area (TPSA) is 78.9 Å². The summed E-state index contributed by atoms with van der Waals surface area (Å²) in [6.07, 6.45) is 95.7. The molecule has 6 heteroatoms. The fourth-order valence-corrected chi connectivity index (χ4v) is 10.2. The van der Waals surface area contributed by atoms with Gasteiger partial charge in [-0.2, -0.15) is 0 Å². The molecular formula is C77H134O6. The highest BCUT2D eigenvalue weighted by atomic mass is 16.6. The molecule has 0 rings (SSSR count). The van der Waals surface area contributed by atoms with E-state index in [0.29, 0.717) is 19.3 Å². The van der Waals surface area contributed by atoms with Gasteiger partial charge >= 0.3 is 17.9 Å². The quantitative estimate of drug-likeness (QED) is 0.0261. The lowest BCUT2D eigenvalue weighted by molar-refractivity contribution is -0.167. The van der Waals surface area contributed by atoms with Crippen LogP contribution in [0.15, 0.2) is 97.2 Å². The number of esters is 3. The SMILES string of the molecule is CC/C=C\C/C=C\C/C=C\C/C=C\C/C=C\CCCCCCCCCCCCCC(=O)OCC(COC(=O)CCCCCCC/C=C\C/C=C\CCCCC)OC(=O)CCCCCCCCCCCCC/C=C\CCCCCCCCCC. The Kier molecular flexibility index (Phi) is 67.7. The van der Waals surface area contributed by atoms with Crippen LogP contribution in [0.4, 0.5) is 0 Å². The van der Waals surface area contributed by atoms with Gasteiger partial charge in [-0.25, -0.2) is 0 Å². The average Bonchev–Trinajstić information content (AvgIpc) is 3.49. The van der Waals surface area contributed by atoms with Gasteiger partial charge < -0.3 is 14.2 Å². The van der Waals surface area contributed by atoms with Gasteiger partial charge in [-0.15, -0.1) is 0 Å². The Morgan fingerprint density at radius 1 is 0.253 bits per heavy atom. The summed E-state index contributed by atoms with van der Waals surface area (Å²) < 4.78 is 17.0. The Bertz CT molecular complexity index is 1610. The first-order chi connectivity index (χ1) is 41.0. The van der Waals surface area contributed by atoms with E-state index < -0.39 is 6.10 Å². The molecule has 0 saturated carbocycles. The number of hydrogen-bond donors (Lipinski definition) is 0. The maximum Gasteiger partial charge on any atom is 0.306 e. The number of ether oxygens (including phenoxy) is 3. The molecule has 1 unspecified atom stereocenters. The van der Waals surface area contributed by atoms with Crippen molar-refractivity contribution in [2.75, 3.05) is 13.2 Å². The lowest BCUT2D eigenvalue weighted by Crippen LogP contribution is -2.30. The third-order valence-corrected chi connectivity index (χ3v) is 15.5. The Labute approximate surface area is 515 Å². The molecule has 0 aromatic heterocycles. The van der Waals surface area contributed by atoms with E-state index in [4.69, 9.17) is 14.2 Å². The molecule has 0 aliphatic rings. The van der Waals surface area contributed by atoms with Crippen LogP contribution in [0, 0.1) is 0 Å². The van der Waals surface area contributed by atoms with Gasteiger partial charge in [0.1, 0.15) is 13.2 Å². The Morgan fingerprint density at radius 3 is 0.771 bits per heavy atom. The van der Waals surface area contributed by atoms with Crippen molar-refractivity contribution < 1.29 is 28.6 Å². The van der Waals surface area contributed by atoms with Gasteiger partial charge in [0, 0.05) is 19.3 Å². The van der Waals surface area contributed by atoms with Crippen LogP contribution < -0.4 is 0 Å². The lowest BCUT2D eigenvalue weighted by Gasteiger charge is -2.18. The minimum absolute atomic E-state index is 0.0820. The first kappa shape index (κ1) is 79.3. The van der Waals surface area contributed by atoms with Crippen LogP contribution in [0.3, 0.4) is 0 Å². The van der Waals surface area contributed by atoms with Crippen molar-refractivity contribution in [1.82, 2.24) is 0 Å². The highest BCUT2D eigenvalue weighted by Crippen LogP contribution is 2.17. The van der Waals surface area contributed by atoms with E-state index in [1.807, 2.05) is 0 Å². The highest BCUT2D eigenvalue weighted by Gasteiger charge is 2.19. The monoisotopic (exact) mass is 1160 g/mol. The first-order valence-corrected chi connectivity index (χ1v) is 35.7. The summed E-state index contributed by atoms with van der Waals surface area (Å²) in [5.74, 6) is -0.883. The smallest absolute Gasteiger partial charge is 0.306 e. The molecular weight excluding hydrogens is 1020 g/mol. The van der Waals surface area contributed by atoms with Crippen molar-refractivity contribution >= 4 is 17.9 Å². The molecule has 0 radical (unpaired) electrons. The summed E-state index contributed by atoms with van der Waals surface area (Å²) in [6.45, 7) is 6.53. The zero-order chi connectivity index (χ0) is 59.9. The molecule has 0 aliphatic carbocycles. The van der Waals surface area contributed by atoms with Gasteiger partial charge in [-0.3, -0.25) is 14.4 Å². The summed E-state index contributed by atoms with van der Waals surface area (Å²) >= 11 is 0.